The van der Waals surface area contributed by atoms with Crippen molar-refractivity contribution in [2.75, 3.05) is 0 Å². The maximum absolute atomic E-state index is 12.6. The van der Waals surface area contributed by atoms with Gasteiger partial charge in [-0.1, -0.05) is 301 Å². The van der Waals surface area contributed by atoms with Gasteiger partial charge in [0.1, 0.15) is 44.8 Å². The Balaban J connectivity index is 0.000000432. The first-order valence-corrected chi connectivity index (χ1v) is 53.2. The van der Waals surface area contributed by atoms with Crippen LogP contribution < -0.4 is 0 Å². The van der Waals surface area contributed by atoms with Crippen LogP contribution in [-0.4, -0.2) is 59.0 Å². The molecule has 0 bridgehead atoms. The van der Waals surface area contributed by atoms with Crippen LogP contribution in [0.5, 0.6) is 0 Å². The van der Waals surface area contributed by atoms with Gasteiger partial charge in [0.05, 0.1) is 43.3 Å². The van der Waals surface area contributed by atoms with E-state index in [-0.39, 0.29) is 69.8 Å². The lowest BCUT2D eigenvalue weighted by atomic mass is 9.86. The third kappa shape index (κ3) is 38.0. The summed E-state index contributed by atoms with van der Waals surface area (Å²) >= 11 is 0. The highest BCUT2D eigenvalue weighted by Crippen LogP contribution is 2.43. The Morgan fingerprint density at radius 2 is 0.418 bits per heavy atom. The number of ether oxygens (including phenoxy) is 8. The van der Waals surface area contributed by atoms with Gasteiger partial charge in [0.25, 0.3) is 0 Å². The predicted molar refractivity (Wildman–Crippen MR) is 606 cm³/mol. The smallest absolute Gasteiger partial charge is 0.312 e. The van der Waals surface area contributed by atoms with E-state index in [1.165, 1.54) is 21.5 Å². The van der Waals surface area contributed by atoms with Gasteiger partial charge in [0.15, 0.2) is 0 Å². The fraction of sp³-hybridized carbons (Fsp3) is 0.538. The second kappa shape index (κ2) is 54.3. The van der Waals surface area contributed by atoms with Gasteiger partial charge < -0.3 is 37.9 Å². The number of carbonyl (C=O) groups excluding carboxylic acids is 8. The van der Waals surface area contributed by atoms with Crippen LogP contribution in [0.25, 0.3) is 43.1 Å². The molecule has 0 heterocycles. The molecule has 0 aliphatic heterocycles. The van der Waals surface area contributed by atoms with E-state index in [4.69, 9.17) is 37.9 Å². The molecule has 10 aromatic rings. The largest absolute Gasteiger partial charge is 0.460 e. The van der Waals surface area contributed by atoms with Gasteiger partial charge in [0, 0.05) is 11.1 Å². The summed E-state index contributed by atoms with van der Waals surface area (Å²) in [6.07, 6.45) is 9.33. The van der Waals surface area contributed by atoms with Crippen molar-refractivity contribution in [3.8, 4) is 0 Å². The third-order valence-corrected chi connectivity index (χ3v) is 29.6. The van der Waals surface area contributed by atoms with Crippen LogP contribution in [0, 0.1) is 43.3 Å². The number of rotatable bonds is 33. The van der Waals surface area contributed by atoms with Crippen LogP contribution in [-0.2, 0) is 110 Å². The first kappa shape index (κ1) is 129. The summed E-state index contributed by atoms with van der Waals surface area (Å²) in [6, 6.07) is 77.4. The van der Waals surface area contributed by atoms with E-state index < -0.39 is 66.1 Å². The molecule has 0 aliphatic rings. The molecular weight excluding hydrogens is 1820 g/mol. The molecule has 0 radical (unpaired) electrons. The molecule has 0 saturated heterocycles. The highest BCUT2D eigenvalue weighted by Gasteiger charge is 2.43. The zero-order valence-electron chi connectivity index (χ0n) is 98.0. The van der Waals surface area contributed by atoms with E-state index in [2.05, 4.69) is 111 Å². The van der Waals surface area contributed by atoms with Gasteiger partial charge in [-0.25, -0.2) is 0 Å². The number of hydrogen-bond acceptors (Lipinski definition) is 16. The number of hydrogen-bond donors (Lipinski definition) is 0. The van der Waals surface area contributed by atoms with Crippen molar-refractivity contribution >= 4 is 90.8 Å². The molecule has 3 atom stereocenters. The van der Waals surface area contributed by atoms with Gasteiger partial charge in [-0.3, -0.25) is 38.4 Å². The van der Waals surface area contributed by atoms with Crippen LogP contribution >= 0.6 is 0 Å². The summed E-state index contributed by atoms with van der Waals surface area (Å²) in [5.41, 5.74) is -1.42. The zero-order chi connectivity index (χ0) is 112. The van der Waals surface area contributed by atoms with Gasteiger partial charge >= 0.3 is 47.8 Å². The summed E-state index contributed by atoms with van der Waals surface area (Å²) in [7, 11) is 0. The number of esters is 8. The quantitative estimate of drug-likeness (QED) is 0.0276. The van der Waals surface area contributed by atoms with Gasteiger partial charge in [-0.2, -0.15) is 0 Å². The average Bonchev–Trinajstić information content (AvgIpc) is 0.778. The van der Waals surface area contributed by atoms with Gasteiger partial charge in [0.2, 0.25) is 0 Å². The summed E-state index contributed by atoms with van der Waals surface area (Å²) in [5, 5.41) is 9.34. The lowest BCUT2D eigenvalue weighted by molar-refractivity contribution is -0.171. The molecule has 10 aromatic carbocycles. The molecule has 16 heteroatoms. The van der Waals surface area contributed by atoms with Crippen molar-refractivity contribution in [3.63, 3.8) is 0 Å². The van der Waals surface area contributed by atoms with E-state index >= 15 is 0 Å². The maximum Gasteiger partial charge on any atom is 0.312 e. The summed E-state index contributed by atoms with van der Waals surface area (Å²) < 4.78 is 45.7. The monoisotopic (exact) mass is 2010 g/mol. The Labute approximate surface area is 881 Å². The van der Waals surface area contributed by atoms with E-state index in [9.17, 15) is 38.4 Å². The molecule has 0 saturated carbocycles. The maximum atomic E-state index is 12.6. The Bertz CT molecular complexity index is 5810. The third-order valence-electron chi connectivity index (χ3n) is 29.6. The normalized spacial score (nSPS) is 13.4. The molecule has 10 rings (SSSR count). The van der Waals surface area contributed by atoms with E-state index in [1.807, 2.05) is 410 Å². The average molecular weight is 2010 g/mol. The summed E-state index contributed by atoms with van der Waals surface area (Å²) in [5.74, 6) is -1.04. The SMILES string of the molecule is CCC(C)(C)C(=O)OC(C)(C)C.CCC(C)(C)C(=O)OC(C)(C)c1ccc2ccccc2c1.CCC(C)(C)C(=O)OC(C)(C)c1cccc2ccccc12.CCC(C)(C)C(=O)OC(C)(C)c1ccccc1.CCC(C)(C)C(=O)OC(C)(CC)c1ccc2ccccc2c1.CCC(C)(C)C(=O)OC(C)(CC)c1cccc2ccccc12.CCC(C)(C)C(=O)OC(C)(CC)c1ccccc1.CCC(C)(C)OC(=O)C(C)(C)CC. The molecule has 0 aromatic heterocycles. The molecule has 0 fully saturated rings. The number of benzene rings is 10. The van der Waals surface area contributed by atoms with Crippen LogP contribution in [0.2, 0.25) is 0 Å². The first-order valence-electron chi connectivity index (χ1n) is 53.2. The minimum atomic E-state index is -0.648. The zero-order valence-corrected chi connectivity index (χ0v) is 98.0. The van der Waals surface area contributed by atoms with Crippen molar-refractivity contribution < 1.29 is 76.3 Å². The van der Waals surface area contributed by atoms with Crippen molar-refractivity contribution in [2.24, 2.45) is 43.3 Å². The second-order valence-electron chi connectivity index (χ2n) is 47.4. The lowest BCUT2D eigenvalue weighted by Crippen LogP contribution is -2.35. The standard InChI is InChI=1S/2C20H26O2.2C19H24O2.C16H24O2.C15H22O2.C11H22O2.C10H20O2/c1-6-19(3,4)18(21)22-20(5,7-2)17-14-10-12-15-11-8-9-13-16(15)17;1-6-19(3,4)18(21)22-20(5,7-2)17-13-12-15-10-8-9-11-16(15)14-17;1-6-18(2,3)17(20)21-19(4,5)16-13-9-11-14-10-7-8-12-15(14)16;1-6-18(2,3)17(20)21-19(4,5)16-12-11-14-9-7-8-10-15(14)13-16;1-6-15(3,4)14(17)18-16(5,7-2)13-11-9-8-10-12-13;1-6-14(2,3)13(16)17-15(4,5)12-10-8-7-9-11-12;1-7-10(3,4)9(12)13-11(5,6)8-2;1-7-10(5,6)8(11)12-9(2,3)4/h2*8-14H,6-7H2,1-5H3;2*7-13H,6H2,1-5H3;8-12H,6-7H2,1-5H3;7-11H,6H2,1-5H3;7-8H2,1-6H3;7H2,1-6H3. The molecule has 0 amide bonds. The molecule has 0 spiro atoms. The van der Waals surface area contributed by atoms with Crippen LogP contribution in [0.15, 0.2) is 231 Å². The van der Waals surface area contributed by atoms with Gasteiger partial charge in [-0.05, 0) is 362 Å². The van der Waals surface area contributed by atoms with Crippen LogP contribution in [0.4, 0.5) is 0 Å². The van der Waals surface area contributed by atoms with Crippen LogP contribution in [0.3, 0.4) is 0 Å². The lowest BCUT2D eigenvalue weighted by Gasteiger charge is -2.34. The molecule has 804 valence electrons. The van der Waals surface area contributed by atoms with E-state index in [1.54, 1.807) is 0 Å². The van der Waals surface area contributed by atoms with Crippen molar-refractivity contribution in [2.45, 2.75) is 413 Å². The Kier molecular flexibility index (Phi) is 48.0. The highest BCUT2D eigenvalue weighted by molar-refractivity contribution is 5.90. The second-order valence-corrected chi connectivity index (χ2v) is 47.4. The molecule has 3 unspecified atom stereocenters. The minimum Gasteiger partial charge on any atom is -0.460 e. The van der Waals surface area contributed by atoms with Crippen LogP contribution in [0.1, 0.15) is 401 Å². The fourth-order valence-corrected chi connectivity index (χ4v) is 13.5. The first-order chi connectivity index (χ1) is 67.3. The van der Waals surface area contributed by atoms with E-state index in [0.717, 1.165) is 132 Å². The van der Waals surface area contributed by atoms with Crippen molar-refractivity contribution in [1.29, 1.82) is 0 Å². The Hall–Kier alpha value is -11.0. The molecule has 146 heavy (non-hydrogen) atoms. The Morgan fingerprint density at radius 3 is 0.747 bits per heavy atom. The Morgan fingerprint density at radius 1 is 0.178 bits per heavy atom. The molecule has 0 aliphatic carbocycles. The van der Waals surface area contributed by atoms with Crippen molar-refractivity contribution in [1.82, 2.24) is 0 Å². The van der Waals surface area contributed by atoms with Crippen molar-refractivity contribution in [3.05, 3.63) is 264 Å². The predicted octanol–water partition coefficient (Wildman–Crippen LogP) is 35.1. The number of carbonyl (C=O) groups is 8. The van der Waals surface area contributed by atoms with Gasteiger partial charge in [-0.15, -0.1) is 0 Å². The molecular formula is C130H188O16. The summed E-state index contributed by atoms with van der Waals surface area (Å²) in [6.45, 7) is 82.2. The van der Waals surface area contributed by atoms with E-state index in [0.29, 0.717) is 0 Å². The summed E-state index contributed by atoms with van der Waals surface area (Å²) in [4.78, 5) is 97.2. The fourth-order valence-electron chi connectivity index (χ4n) is 13.5. The topological polar surface area (TPSA) is 210 Å². The molecule has 16 nitrogen and oxygen atoms in total. The molecule has 0 N–H and O–H groups in total. The minimum absolute atomic E-state index is 0.0955. The highest BCUT2D eigenvalue weighted by atomic mass is 16.6. The number of fused-ring (bicyclic) bond motifs is 4.